The molecule has 2 fully saturated rings. The van der Waals surface area contributed by atoms with Crippen LogP contribution in [0.1, 0.15) is 12.8 Å². The summed E-state index contributed by atoms with van der Waals surface area (Å²) in [5.74, 6) is 0.980. The minimum absolute atomic E-state index is 0. The SMILES string of the molecule is CN=C(NCCn1cncn1)N1CCC2(CCOC2)C1.I. The summed E-state index contributed by atoms with van der Waals surface area (Å²) in [5, 5.41) is 7.49. The summed E-state index contributed by atoms with van der Waals surface area (Å²) in [7, 11) is 1.84. The van der Waals surface area contributed by atoms with Crippen LogP contribution in [0, 0.1) is 5.41 Å². The van der Waals surface area contributed by atoms with E-state index in [1.165, 1.54) is 12.8 Å². The molecule has 1 aromatic heterocycles. The fourth-order valence-corrected chi connectivity index (χ4v) is 3.05. The van der Waals surface area contributed by atoms with E-state index in [1.54, 1.807) is 12.7 Å². The van der Waals surface area contributed by atoms with E-state index in [0.717, 1.165) is 45.4 Å². The third-order valence-electron chi connectivity index (χ3n) is 4.23. The van der Waals surface area contributed by atoms with Gasteiger partial charge >= 0.3 is 0 Å². The van der Waals surface area contributed by atoms with Gasteiger partial charge in [-0.1, -0.05) is 0 Å². The van der Waals surface area contributed by atoms with Gasteiger partial charge in [0.05, 0.1) is 13.2 Å². The van der Waals surface area contributed by atoms with Crippen LogP contribution in [-0.2, 0) is 11.3 Å². The third-order valence-corrected chi connectivity index (χ3v) is 4.23. The molecule has 0 amide bonds. The van der Waals surface area contributed by atoms with Gasteiger partial charge in [-0.25, -0.2) is 4.98 Å². The van der Waals surface area contributed by atoms with Gasteiger partial charge in [-0.15, -0.1) is 24.0 Å². The predicted molar refractivity (Wildman–Crippen MR) is 90.9 cm³/mol. The Morgan fingerprint density at radius 2 is 2.38 bits per heavy atom. The summed E-state index contributed by atoms with van der Waals surface area (Å²) in [4.78, 5) is 10.7. The molecule has 7 nitrogen and oxygen atoms in total. The first-order valence-electron chi connectivity index (χ1n) is 7.17. The highest BCUT2D eigenvalue weighted by molar-refractivity contribution is 14.0. The Kier molecular flexibility index (Phi) is 5.80. The normalized spacial score (nSPS) is 25.4. The van der Waals surface area contributed by atoms with Gasteiger partial charge in [-0.3, -0.25) is 9.67 Å². The first-order chi connectivity index (χ1) is 9.81. The minimum atomic E-state index is 0. The monoisotopic (exact) mass is 406 g/mol. The summed E-state index contributed by atoms with van der Waals surface area (Å²) in [6.45, 7) is 5.52. The molecule has 3 rings (SSSR count). The Balaban J connectivity index is 0.00000161. The van der Waals surface area contributed by atoms with Crippen molar-refractivity contribution in [2.75, 3.05) is 39.9 Å². The summed E-state index contributed by atoms with van der Waals surface area (Å²) >= 11 is 0. The standard InChI is InChI=1S/C13H22N6O.HI/c1-14-12(16-4-6-19-11-15-10-17-19)18-5-2-13(8-18)3-7-20-9-13;/h10-11H,2-9H2,1H3,(H,14,16);1H. The average molecular weight is 406 g/mol. The number of aliphatic imine (C=N–C) groups is 1. The lowest BCUT2D eigenvalue weighted by Crippen LogP contribution is -2.42. The molecule has 3 heterocycles. The molecule has 0 aromatic carbocycles. The molecule has 0 aliphatic carbocycles. The molecule has 21 heavy (non-hydrogen) atoms. The van der Waals surface area contributed by atoms with Crippen molar-refractivity contribution in [3.63, 3.8) is 0 Å². The molecule has 2 aliphatic heterocycles. The number of hydrogen-bond donors (Lipinski definition) is 1. The van der Waals surface area contributed by atoms with E-state index >= 15 is 0 Å². The molecule has 0 bridgehead atoms. The lowest BCUT2D eigenvalue weighted by atomic mass is 9.87. The van der Waals surface area contributed by atoms with Crippen molar-refractivity contribution in [1.29, 1.82) is 0 Å². The van der Waals surface area contributed by atoms with Crippen LogP contribution in [-0.4, -0.2) is 65.5 Å². The highest BCUT2D eigenvalue weighted by Gasteiger charge is 2.42. The Bertz CT molecular complexity index is 457. The van der Waals surface area contributed by atoms with Crippen molar-refractivity contribution >= 4 is 29.9 Å². The Morgan fingerprint density at radius 3 is 3.05 bits per heavy atom. The largest absolute Gasteiger partial charge is 0.381 e. The second kappa shape index (κ2) is 7.39. The molecule has 1 N–H and O–H groups in total. The quantitative estimate of drug-likeness (QED) is 0.452. The van der Waals surface area contributed by atoms with Crippen LogP contribution < -0.4 is 5.32 Å². The van der Waals surface area contributed by atoms with Crippen LogP contribution in [0.2, 0.25) is 0 Å². The van der Waals surface area contributed by atoms with Crippen molar-refractivity contribution in [2.24, 2.45) is 10.4 Å². The third kappa shape index (κ3) is 3.85. The van der Waals surface area contributed by atoms with Crippen LogP contribution in [0.5, 0.6) is 0 Å². The number of nitrogens with zero attached hydrogens (tertiary/aromatic N) is 5. The summed E-state index contributed by atoms with van der Waals surface area (Å²) in [6.07, 6.45) is 5.67. The number of ether oxygens (including phenoxy) is 1. The molecule has 2 aliphatic rings. The molecular formula is C13H23IN6O. The van der Waals surface area contributed by atoms with Crippen molar-refractivity contribution < 1.29 is 4.74 Å². The molecule has 1 atom stereocenters. The molecule has 1 spiro atoms. The lowest BCUT2D eigenvalue weighted by molar-refractivity contribution is 0.156. The number of halogens is 1. The molecule has 1 aromatic rings. The maximum Gasteiger partial charge on any atom is 0.193 e. The van der Waals surface area contributed by atoms with Crippen molar-refractivity contribution in [2.45, 2.75) is 19.4 Å². The summed E-state index contributed by atoms with van der Waals surface area (Å²) in [5.41, 5.74) is 0.365. The topological polar surface area (TPSA) is 67.6 Å². The predicted octanol–water partition coefficient (Wildman–Crippen LogP) is 0.584. The number of nitrogens with one attached hydrogen (secondary N) is 1. The number of rotatable bonds is 3. The van der Waals surface area contributed by atoms with Gasteiger partial charge in [-0.05, 0) is 12.8 Å². The molecule has 0 saturated carbocycles. The van der Waals surface area contributed by atoms with Gasteiger partial charge in [0.25, 0.3) is 0 Å². The van der Waals surface area contributed by atoms with E-state index in [9.17, 15) is 0 Å². The highest BCUT2D eigenvalue weighted by Crippen LogP contribution is 2.38. The molecule has 8 heteroatoms. The van der Waals surface area contributed by atoms with E-state index in [1.807, 2.05) is 11.7 Å². The summed E-state index contributed by atoms with van der Waals surface area (Å²) in [6, 6.07) is 0. The maximum absolute atomic E-state index is 5.57. The molecule has 1 unspecified atom stereocenters. The van der Waals surface area contributed by atoms with Crippen LogP contribution in [0.4, 0.5) is 0 Å². The van der Waals surface area contributed by atoms with Crippen molar-refractivity contribution in [1.82, 2.24) is 25.0 Å². The van der Waals surface area contributed by atoms with Crippen molar-refractivity contribution in [3.05, 3.63) is 12.7 Å². The van der Waals surface area contributed by atoms with E-state index in [-0.39, 0.29) is 24.0 Å². The zero-order valence-electron chi connectivity index (χ0n) is 12.4. The van der Waals surface area contributed by atoms with Crippen molar-refractivity contribution in [3.8, 4) is 0 Å². The number of hydrogen-bond acceptors (Lipinski definition) is 4. The fraction of sp³-hybridized carbons (Fsp3) is 0.769. The maximum atomic E-state index is 5.57. The molecule has 2 saturated heterocycles. The second-order valence-electron chi connectivity index (χ2n) is 5.61. The van der Waals surface area contributed by atoms with E-state index in [0.29, 0.717) is 5.41 Å². The first kappa shape index (κ1) is 16.5. The van der Waals surface area contributed by atoms with Gasteiger partial charge in [0.2, 0.25) is 0 Å². The summed E-state index contributed by atoms with van der Waals surface area (Å²) < 4.78 is 7.38. The highest BCUT2D eigenvalue weighted by atomic mass is 127. The number of guanidine groups is 1. The zero-order valence-corrected chi connectivity index (χ0v) is 14.7. The van der Waals surface area contributed by atoms with Gasteiger partial charge in [0.1, 0.15) is 12.7 Å². The number of aromatic nitrogens is 3. The Morgan fingerprint density at radius 1 is 1.48 bits per heavy atom. The van der Waals surface area contributed by atoms with Crippen LogP contribution in [0.25, 0.3) is 0 Å². The van der Waals surface area contributed by atoms with Gasteiger partial charge in [0, 0.05) is 38.7 Å². The van der Waals surface area contributed by atoms with Crippen LogP contribution in [0.3, 0.4) is 0 Å². The first-order valence-corrected chi connectivity index (χ1v) is 7.17. The van der Waals surface area contributed by atoms with Gasteiger partial charge in [-0.2, -0.15) is 5.10 Å². The van der Waals surface area contributed by atoms with Crippen LogP contribution in [0.15, 0.2) is 17.6 Å². The molecular weight excluding hydrogens is 383 g/mol. The van der Waals surface area contributed by atoms with E-state index in [4.69, 9.17) is 4.74 Å². The van der Waals surface area contributed by atoms with E-state index in [2.05, 4.69) is 25.3 Å². The smallest absolute Gasteiger partial charge is 0.193 e. The van der Waals surface area contributed by atoms with Gasteiger partial charge < -0.3 is 15.0 Å². The van der Waals surface area contributed by atoms with Crippen LogP contribution >= 0.6 is 24.0 Å². The molecule has 0 radical (unpaired) electrons. The van der Waals surface area contributed by atoms with Gasteiger partial charge in [0.15, 0.2) is 5.96 Å². The van der Waals surface area contributed by atoms with E-state index < -0.39 is 0 Å². The number of likely N-dealkylation sites (tertiary alicyclic amines) is 1. The Labute approximate surface area is 142 Å². The fourth-order valence-electron chi connectivity index (χ4n) is 3.05. The average Bonchev–Trinajstić information content (AvgIpc) is 3.19. The lowest BCUT2D eigenvalue weighted by Gasteiger charge is -2.24. The minimum Gasteiger partial charge on any atom is -0.381 e. The Hall–Kier alpha value is -0.900. The molecule has 118 valence electrons. The zero-order chi connectivity index (χ0) is 13.8. The second-order valence-corrected chi connectivity index (χ2v) is 5.61.